The number of sulfonamides is 1. The first-order chi connectivity index (χ1) is 11.3. The summed E-state index contributed by atoms with van der Waals surface area (Å²) in [7, 11) is -2.18. The number of carbonyl (C=O) groups is 1. The summed E-state index contributed by atoms with van der Waals surface area (Å²) < 4.78 is 32.9. The van der Waals surface area contributed by atoms with E-state index in [9.17, 15) is 13.2 Å². The molecule has 0 atom stereocenters. The quantitative estimate of drug-likeness (QED) is 0.838. The molecule has 2 N–H and O–H groups in total. The van der Waals surface area contributed by atoms with Crippen LogP contribution in [0.1, 0.15) is 11.1 Å². The number of rotatable bonds is 6. The maximum Gasteiger partial charge on any atom is 0.261 e. The Labute approximate surface area is 141 Å². The molecule has 0 aliphatic rings. The molecule has 0 aromatic heterocycles. The highest BCUT2D eigenvalue weighted by atomic mass is 32.2. The Bertz CT molecular complexity index is 810. The van der Waals surface area contributed by atoms with Crippen molar-refractivity contribution in [2.45, 2.75) is 18.7 Å². The van der Waals surface area contributed by atoms with Gasteiger partial charge in [0.15, 0.2) is 6.61 Å². The van der Waals surface area contributed by atoms with Crippen LogP contribution >= 0.6 is 0 Å². The minimum atomic E-state index is -3.70. The molecule has 0 radical (unpaired) electrons. The summed E-state index contributed by atoms with van der Waals surface area (Å²) >= 11 is 0. The van der Waals surface area contributed by atoms with Gasteiger partial charge in [0.2, 0.25) is 0 Å². The molecule has 24 heavy (non-hydrogen) atoms. The second kappa shape index (κ2) is 7.35. The van der Waals surface area contributed by atoms with Gasteiger partial charge in [-0.25, -0.2) is 8.42 Å². The summed E-state index contributed by atoms with van der Waals surface area (Å²) in [4.78, 5) is 11.3. The van der Waals surface area contributed by atoms with Crippen LogP contribution in [0.25, 0.3) is 0 Å². The lowest BCUT2D eigenvalue weighted by atomic mass is 10.1. The van der Waals surface area contributed by atoms with E-state index in [-0.39, 0.29) is 17.4 Å². The van der Waals surface area contributed by atoms with Gasteiger partial charge < -0.3 is 10.1 Å². The molecule has 0 spiro atoms. The lowest BCUT2D eigenvalue weighted by Gasteiger charge is -2.13. The fraction of sp³-hybridized carbons (Fsp3) is 0.235. The molecule has 0 unspecified atom stereocenters. The Kier molecular flexibility index (Phi) is 5.46. The van der Waals surface area contributed by atoms with E-state index in [4.69, 9.17) is 4.74 Å². The molecule has 2 aromatic rings. The molecule has 7 heteroatoms. The van der Waals surface area contributed by atoms with E-state index in [1.54, 1.807) is 0 Å². The monoisotopic (exact) mass is 348 g/mol. The van der Waals surface area contributed by atoms with Crippen LogP contribution in [0.3, 0.4) is 0 Å². The van der Waals surface area contributed by atoms with E-state index >= 15 is 0 Å². The Balaban J connectivity index is 2.16. The van der Waals surface area contributed by atoms with Gasteiger partial charge in [0.25, 0.3) is 15.9 Å². The number of ether oxygens (including phenoxy) is 1. The smallest absolute Gasteiger partial charge is 0.261 e. The summed E-state index contributed by atoms with van der Waals surface area (Å²) in [5.41, 5.74) is 2.28. The molecule has 0 fully saturated rings. The number of nitrogens with one attached hydrogen (secondary N) is 2. The molecule has 2 aromatic carbocycles. The summed E-state index contributed by atoms with van der Waals surface area (Å²) in [6.07, 6.45) is 0. The van der Waals surface area contributed by atoms with Crippen molar-refractivity contribution in [1.82, 2.24) is 5.32 Å². The first kappa shape index (κ1) is 17.8. The van der Waals surface area contributed by atoms with Gasteiger partial charge >= 0.3 is 0 Å². The van der Waals surface area contributed by atoms with Gasteiger partial charge in [-0.05, 0) is 49.2 Å². The van der Waals surface area contributed by atoms with Crippen LogP contribution in [-0.2, 0) is 14.8 Å². The molecule has 1 amide bonds. The summed E-state index contributed by atoms with van der Waals surface area (Å²) in [6, 6.07) is 11.5. The van der Waals surface area contributed by atoms with Crippen molar-refractivity contribution in [2.75, 3.05) is 18.4 Å². The first-order valence-corrected chi connectivity index (χ1v) is 8.84. The molecule has 2 rings (SSSR count). The molecule has 0 heterocycles. The Hall–Kier alpha value is -2.54. The third-order valence-electron chi connectivity index (χ3n) is 3.50. The maximum atomic E-state index is 12.5. The Morgan fingerprint density at radius 3 is 2.17 bits per heavy atom. The third-order valence-corrected chi connectivity index (χ3v) is 4.87. The van der Waals surface area contributed by atoms with Crippen molar-refractivity contribution in [3.8, 4) is 5.75 Å². The van der Waals surface area contributed by atoms with E-state index in [1.165, 1.54) is 31.3 Å². The molecule has 0 aliphatic heterocycles. The summed E-state index contributed by atoms with van der Waals surface area (Å²) in [5, 5.41) is 2.44. The van der Waals surface area contributed by atoms with Crippen molar-refractivity contribution >= 4 is 21.6 Å². The van der Waals surface area contributed by atoms with Crippen LogP contribution in [-0.4, -0.2) is 28.0 Å². The summed E-state index contributed by atoms with van der Waals surface area (Å²) in [5.74, 6) is 0.160. The number of hydrogen-bond donors (Lipinski definition) is 2. The number of para-hydroxylation sites is 1. The highest BCUT2D eigenvalue weighted by Gasteiger charge is 2.16. The zero-order valence-electron chi connectivity index (χ0n) is 13.8. The largest absolute Gasteiger partial charge is 0.484 e. The molecular weight excluding hydrogens is 328 g/mol. The number of amides is 1. The zero-order chi connectivity index (χ0) is 17.7. The predicted molar refractivity (Wildman–Crippen MR) is 92.7 cm³/mol. The molecular formula is C17H20N2O4S. The van der Waals surface area contributed by atoms with E-state index < -0.39 is 10.0 Å². The predicted octanol–water partition coefficient (Wildman–Crippen LogP) is 2.23. The van der Waals surface area contributed by atoms with Gasteiger partial charge in [-0.3, -0.25) is 9.52 Å². The standard InChI is InChI=1S/C17H20N2O4S/c1-12-5-4-6-13(2)17(12)19-24(21,22)15-9-7-14(8-10-15)23-11-16(20)18-3/h4-10,19H,11H2,1-3H3,(H,18,20). The van der Waals surface area contributed by atoms with Gasteiger partial charge in [-0.1, -0.05) is 18.2 Å². The van der Waals surface area contributed by atoms with Crippen molar-refractivity contribution in [3.05, 3.63) is 53.6 Å². The number of likely N-dealkylation sites (N-methyl/N-ethyl adjacent to an activating group) is 1. The van der Waals surface area contributed by atoms with Crippen LogP contribution in [0, 0.1) is 13.8 Å². The highest BCUT2D eigenvalue weighted by molar-refractivity contribution is 7.92. The van der Waals surface area contributed by atoms with Crippen LogP contribution in [0.5, 0.6) is 5.75 Å². The molecule has 6 nitrogen and oxygen atoms in total. The molecule has 128 valence electrons. The zero-order valence-corrected chi connectivity index (χ0v) is 14.6. The maximum absolute atomic E-state index is 12.5. The topological polar surface area (TPSA) is 84.5 Å². The van der Waals surface area contributed by atoms with E-state index in [0.717, 1.165) is 11.1 Å². The van der Waals surface area contributed by atoms with Gasteiger partial charge in [0.05, 0.1) is 10.6 Å². The van der Waals surface area contributed by atoms with Crippen molar-refractivity contribution in [1.29, 1.82) is 0 Å². The lowest BCUT2D eigenvalue weighted by Crippen LogP contribution is -2.24. The number of benzene rings is 2. The highest BCUT2D eigenvalue weighted by Crippen LogP contribution is 2.24. The fourth-order valence-electron chi connectivity index (χ4n) is 2.10. The van der Waals surface area contributed by atoms with E-state index in [0.29, 0.717) is 11.4 Å². The average Bonchev–Trinajstić information content (AvgIpc) is 2.56. The van der Waals surface area contributed by atoms with Crippen LogP contribution in [0.4, 0.5) is 5.69 Å². The second-order valence-electron chi connectivity index (χ2n) is 5.31. The molecule has 0 bridgehead atoms. The SMILES string of the molecule is CNC(=O)COc1ccc(S(=O)(=O)Nc2c(C)cccc2C)cc1. The van der Waals surface area contributed by atoms with Gasteiger partial charge in [0, 0.05) is 7.05 Å². The minimum absolute atomic E-state index is 0.122. The molecule has 0 saturated heterocycles. The van der Waals surface area contributed by atoms with Gasteiger partial charge in [-0.15, -0.1) is 0 Å². The van der Waals surface area contributed by atoms with Gasteiger partial charge in [0.1, 0.15) is 5.75 Å². The number of aryl methyl sites for hydroxylation is 2. The number of carbonyl (C=O) groups excluding carboxylic acids is 1. The lowest BCUT2D eigenvalue weighted by molar-refractivity contribution is -0.122. The van der Waals surface area contributed by atoms with E-state index in [2.05, 4.69) is 10.0 Å². The molecule has 0 saturated carbocycles. The normalized spacial score (nSPS) is 11.0. The second-order valence-corrected chi connectivity index (χ2v) is 6.99. The fourth-order valence-corrected chi connectivity index (χ4v) is 3.31. The number of anilines is 1. The average molecular weight is 348 g/mol. The van der Waals surface area contributed by atoms with Crippen molar-refractivity contribution < 1.29 is 17.9 Å². The summed E-state index contributed by atoms with van der Waals surface area (Å²) in [6.45, 7) is 3.57. The van der Waals surface area contributed by atoms with Crippen LogP contribution in [0.15, 0.2) is 47.4 Å². The van der Waals surface area contributed by atoms with Crippen molar-refractivity contribution in [3.63, 3.8) is 0 Å². The van der Waals surface area contributed by atoms with Crippen LogP contribution in [0.2, 0.25) is 0 Å². The van der Waals surface area contributed by atoms with Crippen LogP contribution < -0.4 is 14.8 Å². The Morgan fingerprint density at radius 2 is 1.62 bits per heavy atom. The molecule has 0 aliphatic carbocycles. The minimum Gasteiger partial charge on any atom is -0.484 e. The van der Waals surface area contributed by atoms with E-state index in [1.807, 2.05) is 32.0 Å². The Morgan fingerprint density at radius 1 is 1.04 bits per heavy atom. The number of hydrogen-bond acceptors (Lipinski definition) is 4. The third kappa shape index (κ3) is 4.26. The first-order valence-electron chi connectivity index (χ1n) is 7.36. The van der Waals surface area contributed by atoms with Crippen molar-refractivity contribution in [2.24, 2.45) is 0 Å². The van der Waals surface area contributed by atoms with Gasteiger partial charge in [-0.2, -0.15) is 0 Å².